The van der Waals surface area contributed by atoms with Crippen LogP contribution in [0.4, 0.5) is 0 Å². The molecule has 1 atom stereocenters. The van der Waals surface area contributed by atoms with Gasteiger partial charge in [-0.2, -0.15) is 0 Å². The minimum Gasteiger partial charge on any atom is -0.355 e. The van der Waals surface area contributed by atoms with Gasteiger partial charge >= 0.3 is 0 Å². The van der Waals surface area contributed by atoms with Gasteiger partial charge in [0, 0.05) is 50.6 Å². The lowest BCUT2D eigenvalue weighted by molar-refractivity contribution is -0.140. The van der Waals surface area contributed by atoms with Gasteiger partial charge in [-0.05, 0) is 25.3 Å². The van der Waals surface area contributed by atoms with Crippen molar-refractivity contribution in [2.75, 3.05) is 13.1 Å². The molecule has 0 bridgehead atoms. The van der Waals surface area contributed by atoms with Crippen LogP contribution >= 0.6 is 0 Å². The summed E-state index contributed by atoms with van der Waals surface area (Å²) < 4.78 is 1.88. The van der Waals surface area contributed by atoms with Crippen molar-refractivity contribution in [2.24, 2.45) is 5.92 Å². The van der Waals surface area contributed by atoms with Gasteiger partial charge in [-0.15, -0.1) is 0 Å². The molecule has 1 aliphatic carbocycles. The van der Waals surface area contributed by atoms with Gasteiger partial charge in [-0.3, -0.25) is 14.0 Å². The number of carbonyl (C=O) groups excluding carboxylic acids is 2. The van der Waals surface area contributed by atoms with E-state index in [9.17, 15) is 9.59 Å². The fraction of sp³-hybridized carbons (Fsp3) is 0.579. The lowest BCUT2D eigenvalue weighted by Crippen LogP contribution is -2.49. The Labute approximate surface area is 152 Å². The number of nitrogens with one attached hydrogen (secondary N) is 1. The van der Waals surface area contributed by atoms with Crippen LogP contribution in [0.25, 0.3) is 5.78 Å². The minimum absolute atomic E-state index is 0.0578. The van der Waals surface area contributed by atoms with Crippen molar-refractivity contribution < 1.29 is 9.59 Å². The highest BCUT2D eigenvalue weighted by atomic mass is 16.2. The molecule has 0 aromatic carbocycles. The highest BCUT2D eigenvalue weighted by Gasteiger charge is 2.34. The molecule has 1 saturated heterocycles. The van der Waals surface area contributed by atoms with Crippen LogP contribution in [0.3, 0.4) is 0 Å². The molecular weight excluding hydrogens is 330 g/mol. The first kappa shape index (κ1) is 17.0. The third-order valence-corrected chi connectivity index (χ3v) is 5.55. The number of rotatable bonds is 5. The molecule has 1 N–H and O–H groups in total. The molecule has 0 spiro atoms. The van der Waals surface area contributed by atoms with E-state index in [4.69, 9.17) is 0 Å². The van der Waals surface area contributed by atoms with Crippen LogP contribution in [-0.2, 0) is 16.0 Å². The molecule has 0 radical (unpaired) electrons. The molecule has 1 unspecified atom stereocenters. The highest BCUT2D eigenvalue weighted by Crippen LogP contribution is 2.28. The van der Waals surface area contributed by atoms with Crippen LogP contribution in [0, 0.1) is 5.92 Å². The van der Waals surface area contributed by atoms with Crippen LogP contribution in [0.2, 0.25) is 0 Å². The first-order valence-corrected chi connectivity index (χ1v) is 9.56. The van der Waals surface area contributed by atoms with Gasteiger partial charge in [-0.1, -0.05) is 12.8 Å². The van der Waals surface area contributed by atoms with E-state index in [1.165, 1.54) is 12.8 Å². The molecule has 138 valence electrons. The summed E-state index contributed by atoms with van der Waals surface area (Å²) in [6.07, 6.45) is 12.0. The van der Waals surface area contributed by atoms with Gasteiger partial charge in [0.05, 0.1) is 11.6 Å². The zero-order chi connectivity index (χ0) is 17.9. The lowest BCUT2D eigenvalue weighted by atomic mass is 9.95. The number of aromatic nitrogens is 3. The zero-order valence-electron chi connectivity index (χ0n) is 14.9. The molecule has 7 nitrogen and oxygen atoms in total. The lowest BCUT2D eigenvalue weighted by Gasteiger charge is -2.36. The van der Waals surface area contributed by atoms with E-state index >= 15 is 0 Å². The van der Waals surface area contributed by atoms with Crippen LogP contribution in [0.5, 0.6) is 0 Å². The van der Waals surface area contributed by atoms with E-state index in [1.54, 1.807) is 6.20 Å². The zero-order valence-corrected chi connectivity index (χ0v) is 14.9. The second-order valence-electron chi connectivity index (χ2n) is 7.32. The summed E-state index contributed by atoms with van der Waals surface area (Å²) in [6.45, 7) is 1.13. The predicted molar refractivity (Wildman–Crippen MR) is 96.4 cm³/mol. The maximum absolute atomic E-state index is 12.5. The molecule has 3 heterocycles. The third kappa shape index (κ3) is 3.57. The second kappa shape index (κ2) is 7.43. The van der Waals surface area contributed by atoms with Gasteiger partial charge in [-0.25, -0.2) is 9.97 Å². The average Bonchev–Trinajstić information content (AvgIpc) is 3.31. The van der Waals surface area contributed by atoms with Gasteiger partial charge < -0.3 is 10.2 Å². The maximum Gasteiger partial charge on any atom is 0.233 e. The highest BCUT2D eigenvalue weighted by molar-refractivity contribution is 5.84. The number of imidazole rings is 1. The third-order valence-electron chi connectivity index (χ3n) is 5.55. The second-order valence-corrected chi connectivity index (χ2v) is 7.32. The van der Waals surface area contributed by atoms with E-state index in [0.29, 0.717) is 44.2 Å². The molecule has 2 aromatic rings. The number of amides is 2. The smallest absolute Gasteiger partial charge is 0.233 e. The molecule has 4 rings (SSSR count). The standard InChI is InChI=1S/C19H25N5O2/c25-17-7-6-14(12-24(17)16-4-1-2-5-16)18(26)20-10-8-15-13-23-11-3-9-21-19(23)22-15/h3,9,11,13-14,16H,1-2,4-8,10,12H2,(H,20,26). The van der Waals surface area contributed by atoms with Gasteiger partial charge in [0.1, 0.15) is 0 Å². The van der Waals surface area contributed by atoms with Crippen molar-refractivity contribution in [1.82, 2.24) is 24.6 Å². The van der Waals surface area contributed by atoms with Crippen LogP contribution < -0.4 is 5.32 Å². The van der Waals surface area contributed by atoms with Crippen LogP contribution in [0.1, 0.15) is 44.2 Å². The molecule has 1 aliphatic heterocycles. The average molecular weight is 355 g/mol. The van der Waals surface area contributed by atoms with E-state index in [1.807, 2.05) is 27.8 Å². The monoisotopic (exact) mass is 355 g/mol. The van der Waals surface area contributed by atoms with E-state index in [2.05, 4.69) is 15.3 Å². The van der Waals surface area contributed by atoms with Crippen LogP contribution in [0.15, 0.2) is 24.7 Å². The topological polar surface area (TPSA) is 79.6 Å². The Hall–Kier alpha value is -2.44. The fourth-order valence-electron chi connectivity index (χ4n) is 4.11. The summed E-state index contributed by atoms with van der Waals surface area (Å²) in [5, 5.41) is 3.02. The van der Waals surface area contributed by atoms with Crippen molar-refractivity contribution in [3.63, 3.8) is 0 Å². The number of hydrogen-bond donors (Lipinski definition) is 1. The normalized spacial score (nSPS) is 21.5. The molecule has 7 heteroatoms. The van der Waals surface area contributed by atoms with E-state index in [0.717, 1.165) is 18.5 Å². The maximum atomic E-state index is 12.5. The molecule has 2 fully saturated rings. The number of fused-ring (bicyclic) bond motifs is 1. The molecule has 1 saturated carbocycles. The fourth-order valence-corrected chi connectivity index (χ4v) is 4.11. The molecule has 2 aliphatic rings. The summed E-state index contributed by atoms with van der Waals surface area (Å²) in [5.41, 5.74) is 0.912. The van der Waals surface area contributed by atoms with Crippen molar-refractivity contribution in [3.05, 3.63) is 30.4 Å². The van der Waals surface area contributed by atoms with Crippen molar-refractivity contribution in [1.29, 1.82) is 0 Å². The summed E-state index contributed by atoms with van der Waals surface area (Å²) in [5.74, 6) is 0.864. The Balaban J connectivity index is 1.29. The SMILES string of the molecule is O=C(NCCc1cn2cccnc2n1)C1CCC(=O)N(C2CCCC2)C1. The Morgan fingerprint density at radius 3 is 2.92 bits per heavy atom. The number of likely N-dealkylation sites (tertiary alicyclic amines) is 1. The molecule has 26 heavy (non-hydrogen) atoms. The molecule has 2 amide bonds. The minimum atomic E-state index is -0.0870. The molecular formula is C19H25N5O2. The number of piperidine rings is 1. The Morgan fingerprint density at radius 1 is 1.27 bits per heavy atom. The van der Waals surface area contributed by atoms with Crippen molar-refractivity contribution >= 4 is 17.6 Å². The summed E-state index contributed by atoms with van der Waals surface area (Å²) in [6, 6.07) is 2.21. The van der Waals surface area contributed by atoms with Gasteiger partial charge in [0.25, 0.3) is 0 Å². The number of carbonyl (C=O) groups is 2. The van der Waals surface area contributed by atoms with Crippen molar-refractivity contribution in [2.45, 2.75) is 51.0 Å². The van der Waals surface area contributed by atoms with Gasteiger partial charge in [0.15, 0.2) is 0 Å². The van der Waals surface area contributed by atoms with Crippen molar-refractivity contribution in [3.8, 4) is 0 Å². The number of hydrogen-bond acceptors (Lipinski definition) is 4. The molecule has 2 aromatic heterocycles. The summed E-state index contributed by atoms with van der Waals surface area (Å²) in [4.78, 5) is 35.4. The van der Waals surface area contributed by atoms with Gasteiger partial charge in [0.2, 0.25) is 17.6 Å². The van der Waals surface area contributed by atoms with Crippen LogP contribution in [-0.4, -0.2) is 50.2 Å². The largest absolute Gasteiger partial charge is 0.355 e. The first-order chi connectivity index (χ1) is 12.7. The Bertz CT molecular complexity index is 763. The summed E-state index contributed by atoms with van der Waals surface area (Å²) >= 11 is 0. The first-order valence-electron chi connectivity index (χ1n) is 9.56. The number of nitrogens with zero attached hydrogens (tertiary/aromatic N) is 4. The predicted octanol–water partition coefficient (Wildman–Crippen LogP) is 1.57. The Morgan fingerprint density at radius 2 is 2.12 bits per heavy atom. The van der Waals surface area contributed by atoms with E-state index < -0.39 is 0 Å². The summed E-state index contributed by atoms with van der Waals surface area (Å²) in [7, 11) is 0. The van der Waals surface area contributed by atoms with E-state index in [-0.39, 0.29) is 17.7 Å². The quantitative estimate of drug-likeness (QED) is 0.883. The Kier molecular flexibility index (Phi) is 4.86.